The van der Waals surface area contributed by atoms with E-state index in [9.17, 15) is 10.1 Å². The molecular formula is C20H15N3OS3. The van der Waals surface area contributed by atoms with Crippen LogP contribution < -0.4 is 5.56 Å². The molecule has 4 rings (SSSR count). The fourth-order valence-electron chi connectivity index (χ4n) is 2.84. The second kappa shape index (κ2) is 7.69. The summed E-state index contributed by atoms with van der Waals surface area (Å²) in [6, 6.07) is 13.9. The number of aromatic amines is 1. The molecule has 0 saturated carbocycles. The lowest BCUT2D eigenvalue weighted by Gasteiger charge is -2.04. The van der Waals surface area contributed by atoms with Gasteiger partial charge in [-0.15, -0.1) is 34.4 Å². The highest BCUT2D eigenvalue weighted by Crippen LogP contribution is 2.35. The predicted octanol–water partition coefficient (Wildman–Crippen LogP) is 5.33. The van der Waals surface area contributed by atoms with E-state index in [1.54, 1.807) is 23.1 Å². The number of nitriles is 1. The molecule has 4 nitrogen and oxygen atoms in total. The van der Waals surface area contributed by atoms with Crippen molar-refractivity contribution in [1.82, 2.24) is 9.97 Å². The fourth-order valence-corrected chi connectivity index (χ4v) is 5.66. The highest BCUT2D eigenvalue weighted by Gasteiger charge is 2.14. The Hall–Kier alpha value is -2.40. The van der Waals surface area contributed by atoms with E-state index in [0.717, 1.165) is 20.8 Å². The molecule has 0 aliphatic carbocycles. The number of aryl methyl sites for hydroxylation is 1. The molecule has 0 atom stereocenters. The molecule has 0 amide bonds. The summed E-state index contributed by atoms with van der Waals surface area (Å²) in [5.74, 6) is 1.97. The Bertz CT molecular complexity index is 1210. The third-order valence-corrected chi connectivity index (χ3v) is 7.03. The van der Waals surface area contributed by atoms with Gasteiger partial charge in [-0.2, -0.15) is 5.26 Å². The first-order valence-electron chi connectivity index (χ1n) is 8.28. The molecule has 7 heteroatoms. The minimum atomic E-state index is -0.0877. The smallest absolute Gasteiger partial charge is 0.260 e. The Morgan fingerprint density at radius 2 is 2.07 bits per heavy atom. The highest BCUT2D eigenvalue weighted by atomic mass is 32.2. The van der Waals surface area contributed by atoms with Gasteiger partial charge in [0.1, 0.15) is 10.7 Å². The van der Waals surface area contributed by atoms with Crippen molar-refractivity contribution in [2.24, 2.45) is 0 Å². The van der Waals surface area contributed by atoms with Gasteiger partial charge in [-0.1, -0.05) is 18.2 Å². The second-order valence-corrected chi connectivity index (χ2v) is 9.15. The van der Waals surface area contributed by atoms with E-state index in [-0.39, 0.29) is 5.56 Å². The molecule has 0 aliphatic rings. The maximum Gasteiger partial charge on any atom is 0.260 e. The van der Waals surface area contributed by atoms with Crippen molar-refractivity contribution in [2.75, 3.05) is 0 Å². The van der Waals surface area contributed by atoms with Gasteiger partial charge < -0.3 is 4.98 Å². The monoisotopic (exact) mass is 409 g/mol. The third kappa shape index (κ3) is 3.69. The number of H-pyrrole nitrogens is 1. The van der Waals surface area contributed by atoms with E-state index in [1.165, 1.54) is 16.2 Å². The third-order valence-electron chi connectivity index (χ3n) is 4.13. The number of benzene rings is 1. The molecule has 27 heavy (non-hydrogen) atoms. The average molecular weight is 410 g/mol. The second-order valence-electron chi connectivity index (χ2n) is 6.01. The minimum absolute atomic E-state index is 0.0877. The SMILES string of the molecule is Cc1ccc(-c2csc3nc(CSCc4ccccc4C#N)[nH]c(=O)c23)s1. The van der Waals surface area contributed by atoms with Crippen LogP contribution in [0.4, 0.5) is 0 Å². The van der Waals surface area contributed by atoms with E-state index in [0.29, 0.717) is 28.3 Å². The van der Waals surface area contributed by atoms with Crippen molar-refractivity contribution in [3.05, 3.63) is 74.0 Å². The van der Waals surface area contributed by atoms with Crippen LogP contribution in [0.2, 0.25) is 0 Å². The van der Waals surface area contributed by atoms with Crippen LogP contribution in [0.5, 0.6) is 0 Å². The number of aromatic nitrogens is 2. The van der Waals surface area contributed by atoms with E-state index >= 15 is 0 Å². The summed E-state index contributed by atoms with van der Waals surface area (Å²) in [6.45, 7) is 2.06. The van der Waals surface area contributed by atoms with Gasteiger partial charge in [0, 0.05) is 26.5 Å². The minimum Gasteiger partial charge on any atom is -0.309 e. The molecule has 3 aromatic heterocycles. The molecule has 0 saturated heterocycles. The van der Waals surface area contributed by atoms with Crippen LogP contribution in [0.3, 0.4) is 0 Å². The van der Waals surface area contributed by atoms with Gasteiger partial charge >= 0.3 is 0 Å². The predicted molar refractivity (Wildman–Crippen MR) is 114 cm³/mol. The maximum atomic E-state index is 12.7. The highest BCUT2D eigenvalue weighted by molar-refractivity contribution is 7.97. The number of rotatable bonds is 5. The molecule has 0 unspecified atom stereocenters. The maximum absolute atomic E-state index is 12.7. The lowest BCUT2D eigenvalue weighted by molar-refractivity contribution is 1.04. The first-order valence-corrected chi connectivity index (χ1v) is 11.1. The number of thioether (sulfide) groups is 1. The lowest BCUT2D eigenvalue weighted by Crippen LogP contribution is -2.10. The molecular weight excluding hydrogens is 394 g/mol. The van der Waals surface area contributed by atoms with Crippen LogP contribution in [0, 0.1) is 18.3 Å². The van der Waals surface area contributed by atoms with Gasteiger partial charge in [0.25, 0.3) is 5.56 Å². The Kier molecular flexibility index (Phi) is 5.12. The fraction of sp³-hybridized carbons (Fsp3) is 0.150. The molecule has 1 aromatic carbocycles. The van der Waals surface area contributed by atoms with Crippen LogP contribution in [-0.4, -0.2) is 9.97 Å². The first kappa shape index (κ1) is 18.0. The van der Waals surface area contributed by atoms with Gasteiger partial charge in [0.2, 0.25) is 0 Å². The number of hydrogen-bond acceptors (Lipinski definition) is 6. The Morgan fingerprint density at radius 1 is 1.22 bits per heavy atom. The number of thiophene rings is 2. The molecule has 0 fully saturated rings. The summed E-state index contributed by atoms with van der Waals surface area (Å²) in [7, 11) is 0. The Balaban J connectivity index is 1.56. The summed E-state index contributed by atoms with van der Waals surface area (Å²) >= 11 is 4.83. The topological polar surface area (TPSA) is 69.5 Å². The molecule has 4 aromatic rings. The van der Waals surface area contributed by atoms with Crippen LogP contribution in [0.25, 0.3) is 20.7 Å². The number of nitrogens with one attached hydrogen (secondary N) is 1. The summed E-state index contributed by atoms with van der Waals surface area (Å²) in [5.41, 5.74) is 2.57. The van der Waals surface area contributed by atoms with Crippen LogP contribution >= 0.6 is 34.4 Å². The zero-order chi connectivity index (χ0) is 18.8. The van der Waals surface area contributed by atoms with Gasteiger partial charge in [-0.25, -0.2) is 4.98 Å². The summed E-state index contributed by atoms with van der Waals surface area (Å²) in [4.78, 5) is 23.3. The van der Waals surface area contributed by atoms with Crippen molar-refractivity contribution >= 4 is 44.7 Å². The molecule has 0 spiro atoms. The quantitative estimate of drug-likeness (QED) is 0.484. The van der Waals surface area contributed by atoms with Crippen molar-refractivity contribution in [3.63, 3.8) is 0 Å². The van der Waals surface area contributed by atoms with E-state index in [2.05, 4.69) is 35.1 Å². The zero-order valence-electron chi connectivity index (χ0n) is 14.5. The largest absolute Gasteiger partial charge is 0.309 e. The van der Waals surface area contributed by atoms with Gasteiger partial charge in [0.15, 0.2) is 0 Å². The number of fused-ring (bicyclic) bond motifs is 1. The van der Waals surface area contributed by atoms with Crippen LogP contribution in [-0.2, 0) is 11.5 Å². The van der Waals surface area contributed by atoms with Crippen molar-refractivity contribution in [3.8, 4) is 16.5 Å². The molecule has 0 bridgehead atoms. The van der Waals surface area contributed by atoms with Gasteiger partial charge in [-0.3, -0.25) is 4.79 Å². The summed E-state index contributed by atoms with van der Waals surface area (Å²) < 4.78 is 0. The zero-order valence-corrected chi connectivity index (χ0v) is 16.9. The lowest BCUT2D eigenvalue weighted by atomic mass is 10.1. The molecule has 134 valence electrons. The first-order chi connectivity index (χ1) is 13.2. The van der Waals surface area contributed by atoms with Gasteiger partial charge in [0.05, 0.1) is 22.8 Å². The van der Waals surface area contributed by atoms with Crippen molar-refractivity contribution < 1.29 is 0 Å². The molecule has 0 radical (unpaired) electrons. The standard InChI is InChI=1S/C20H15N3OS3/c1-12-6-7-16(27-12)15-10-26-20-18(15)19(24)22-17(23-20)11-25-9-14-5-3-2-4-13(14)8-21/h2-7,10H,9,11H2,1H3,(H,22,23,24). The van der Waals surface area contributed by atoms with E-state index < -0.39 is 0 Å². The van der Waals surface area contributed by atoms with E-state index in [4.69, 9.17) is 0 Å². The average Bonchev–Trinajstić information content (AvgIpc) is 3.28. The van der Waals surface area contributed by atoms with Crippen molar-refractivity contribution in [2.45, 2.75) is 18.4 Å². The number of nitrogens with zero attached hydrogens (tertiary/aromatic N) is 2. The summed E-state index contributed by atoms with van der Waals surface area (Å²) in [5, 5.41) is 11.9. The Labute approximate surface area is 168 Å². The Morgan fingerprint density at radius 3 is 2.85 bits per heavy atom. The summed E-state index contributed by atoms with van der Waals surface area (Å²) in [6.07, 6.45) is 0. The molecule has 3 heterocycles. The van der Waals surface area contributed by atoms with Gasteiger partial charge in [-0.05, 0) is 30.7 Å². The number of hydrogen-bond donors (Lipinski definition) is 1. The van der Waals surface area contributed by atoms with Crippen molar-refractivity contribution in [1.29, 1.82) is 5.26 Å². The normalized spacial score (nSPS) is 11.0. The molecule has 1 N–H and O–H groups in total. The van der Waals surface area contributed by atoms with Crippen LogP contribution in [0.1, 0.15) is 21.8 Å². The van der Waals surface area contributed by atoms with E-state index in [1.807, 2.05) is 29.6 Å². The molecule has 0 aliphatic heterocycles. The van der Waals surface area contributed by atoms with Crippen LogP contribution in [0.15, 0.2) is 46.6 Å².